The number of nitrogens with zero attached hydrogens (tertiary/aromatic N) is 1. The molecule has 3 nitrogen and oxygen atoms in total. The summed E-state index contributed by atoms with van der Waals surface area (Å²) < 4.78 is 5.41. The molecular formula is C17H18N2OS. The summed E-state index contributed by atoms with van der Waals surface area (Å²) in [5.41, 5.74) is 8.69. The smallest absolute Gasteiger partial charge is 0.153 e. The molecule has 3 rings (SSSR count). The summed E-state index contributed by atoms with van der Waals surface area (Å²) in [5, 5.41) is 3.17. The van der Waals surface area contributed by atoms with E-state index in [2.05, 4.69) is 31.4 Å². The van der Waals surface area contributed by atoms with E-state index in [9.17, 15) is 0 Å². The van der Waals surface area contributed by atoms with E-state index in [0.29, 0.717) is 0 Å². The fraction of sp³-hybridized carbons (Fsp3) is 0.235. The van der Waals surface area contributed by atoms with Crippen LogP contribution in [0.5, 0.6) is 0 Å². The molecule has 108 valence electrons. The van der Waals surface area contributed by atoms with Gasteiger partial charge in [-0.1, -0.05) is 26.0 Å². The maximum atomic E-state index is 5.74. The number of nitrogen functional groups attached to an aromatic ring is 1. The Kier molecular flexibility index (Phi) is 3.55. The molecule has 2 N–H and O–H groups in total. The molecule has 0 atom stereocenters. The highest BCUT2D eigenvalue weighted by Gasteiger charge is 2.25. The first-order valence-electron chi connectivity index (χ1n) is 6.89. The standard InChI is InChI=1S/C17H18N2OS/c1-17(2,10-12-5-7-13(18)8-6-12)16-19-14(11-21-16)15-4-3-9-20-15/h3-9,11H,10,18H2,1-2H3. The number of rotatable bonds is 4. The Labute approximate surface area is 128 Å². The lowest BCUT2D eigenvalue weighted by Crippen LogP contribution is -2.20. The highest BCUT2D eigenvalue weighted by atomic mass is 32.1. The molecule has 0 unspecified atom stereocenters. The number of hydrogen-bond donors (Lipinski definition) is 1. The van der Waals surface area contributed by atoms with Crippen molar-refractivity contribution in [2.75, 3.05) is 5.73 Å². The fourth-order valence-electron chi connectivity index (χ4n) is 2.34. The van der Waals surface area contributed by atoms with Crippen LogP contribution < -0.4 is 5.73 Å². The van der Waals surface area contributed by atoms with Crippen LogP contribution in [0.4, 0.5) is 5.69 Å². The molecule has 0 spiro atoms. The Morgan fingerprint density at radius 1 is 1.19 bits per heavy atom. The topological polar surface area (TPSA) is 52.0 Å². The van der Waals surface area contributed by atoms with Gasteiger partial charge < -0.3 is 10.2 Å². The third kappa shape index (κ3) is 3.00. The zero-order valence-corrected chi connectivity index (χ0v) is 13.0. The van der Waals surface area contributed by atoms with Gasteiger partial charge in [0.1, 0.15) is 5.69 Å². The molecule has 0 saturated carbocycles. The first-order valence-corrected chi connectivity index (χ1v) is 7.77. The second-order valence-corrected chi connectivity index (χ2v) is 6.68. The Balaban J connectivity index is 1.83. The van der Waals surface area contributed by atoms with Gasteiger partial charge in [0.15, 0.2) is 5.76 Å². The number of aromatic nitrogens is 1. The Hall–Kier alpha value is -2.07. The molecule has 0 aliphatic heterocycles. The van der Waals surface area contributed by atoms with E-state index in [4.69, 9.17) is 15.1 Å². The Morgan fingerprint density at radius 2 is 1.95 bits per heavy atom. The van der Waals surface area contributed by atoms with Crippen LogP contribution in [-0.2, 0) is 11.8 Å². The third-order valence-corrected chi connectivity index (χ3v) is 4.69. The van der Waals surface area contributed by atoms with E-state index in [0.717, 1.165) is 28.6 Å². The molecular weight excluding hydrogens is 280 g/mol. The van der Waals surface area contributed by atoms with Crippen LogP contribution in [-0.4, -0.2) is 4.98 Å². The molecule has 4 heteroatoms. The van der Waals surface area contributed by atoms with Crippen LogP contribution in [0.25, 0.3) is 11.5 Å². The first kappa shape index (κ1) is 13.9. The van der Waals surface area contributed by atoms with Crippen LogP contribution in [0.2, 0.25) is 0 Å². The van der Waals surface area contributed by atoms with Crippen LogP contribution in [0, 0.1) is 0 Å². The molecule has 0 amide bonds. The lowest BCUT2D eigenvalue weighted by Gasteiger charge is -2.22. The number of nitrogens with two attached hydrogens (primary N) is 1. The van der Waals surface area contributed by atoms with Gasteiger partial charge in [0, 0.05) is 16.5 Å². The van der Waals surface area contributed by atoms with Gasteiger partial charge in [-0.25, -0.2) is 4.98 Å². The molecule has 1 aromatic carbocycles. The van der Waals surface area contributed by atoms with Gasteiger partial charge in [0.05, 0.1) is 11.3 Å². The van der Waals surface area contributed by atoms with Gasteiger partial charge in [0.2, 0.25) is 0 Å². The Morgan fingerprint density at radius 3 is 2.62 bits per heavy atom. The summed E-state index contributed by atoms with van der Waals surface area (Å²) in [6, 6.07) is 11.9. The maximum Gasteiger partial charge on any atom is 0.153 e. The van der Waals surface area contributed by atoms with Crippen LogP contribution in [0.15, 0.2) is 52.5 Å². The van der Waals surface area contributed by atoms with Crippen molar-refractivity contribution in [1.29, 1.82) is 0 Å². The van der Waals surface area contributed by atoms with Crippen molar-refractivity contribution in [2.45, 2.75) is 25.7 Å². The largest absolute Gasteiger partial charge is 0.463 e. The van der Waals surface area contributed by atoms with Crippen molar-refractivity contribution < 1.29 is 4.42 Å². The molecule has 0 bridgehead atoms. The highest BCUT2D eigenvalue weighted by Crippen LogP contribution is 2.33. The van der Waals surface area contributed by atoms with Gasteiger partial charge in [-0.15, -0.1) is 11.3 Å². The molecule has 2 heterocycles. The van der Waals surface area contributed by atoms with Crippen molar-refractivity contribution in [3.63, 3.8) is 0 Å². The molecule has 0 aliphatic carbocycles. The van der Waals surface area contributed by atoms with Gasteiger partial charge in [-0.05, 0) is 36.2 Å². The fourth-order valence-corrected chi connectivity index (χ4v) is 3.28. The third-order valence-electron chi connectivity index (χ3n) is 3.48. The molecule has 21 heavy (non-hydrogen) atoms. The predicted octanol–water partition coefficient (Wildman–Crippen LogP) is 4.51. The zero-order valence-electron chi connectivity index (χ0n) is 12.2. The maximum absolute atomic E-state index is 5.74. The second kappa shape index (κ2) is 5.37. The van der Waals surface area contributed by atoms with E-state index in [1.165, 1.54) is 5.56 Å². The van der Waals surface area contributed by atoms with Gasteiger partial charge >= 0.3 is 0 Å². The lowest BCUT2D eigenvalue weighted by atomic mass is 9.86. The number of benzene rings is 1. The highest BCUT2D eigenvalue weighted by molar-refractivity contribution is 7.10. The molecule has 0 fully saturated rings. The van der Waals surface area contributed by atoms with E-state index in [-0.39, 0.29) is 5.41 Å². The molecule has 0 radical (unpaired) electrons. The zero-order chi connectivity index (χ0) is 14.9. The summed E-state index contributed by atoms with van der Waals surface area (Å²) in [5.74, 6) is 0.820. The predicted molar refractivity (Wildman–Crippen MR) is 87.4 cm³/mol. The van der Waals surface area contributed by atoms with Gasteiger partial charge in [-0.2, -0.15) is 0 Å². The average Bonchev–Trinajstić information content (AvgIpc) is 3.11. The molecule has 3 aromatic rings. The van der Waals surface area contributed by atoms with Crippen LogP contribution in [0.1, 0.15) is 24.4 Å². The van der Waals surface area contributed by atoms with Gasteiger partial charge in [-0.3, -0.25) is 0 Å². The molecule has 0 aliphatic rings. The summed E-state index contributed by atoms with van der Waals surface area (Å²) in [7, 11) is 0. The second-order valence-electron chi connectivity index (χ2n) is 5.82. The van der Waals surface area contributed by atoms with Crippen molar-refractivity contribution in [2.24, 2.45) is 0 Å². The number of thiazole rings is 1. The minimum absolute atomic E-state index is 0.0222. The first-order chi connectivity index (χ1) is 10.0. The van der Waals surface area contributed by atoms with Crippen molar-refractivity contribution in [1.82, 2.24) is 4.98 Å². The summed E-state index contributed by atoms with van der Waals surface area (Å²) in [6.07, 6.45) is 2.60. The van der Waals surface area contributed by atoms with E-state index >= 15 is 0 Å². The number of furan rings is 1. The van der Waals surface area contributed by atoms with E-state index in [1.54, 1.807) is 17.6 Å². The Bertz CT molecular complexity index is 712. The van der Waals surface area contributed by atoms with Crippen molar-refractivity contribution >= 4 is 17.0 Å². The van der Waals surface area contributed by atoms with Gasteiger partial charge in [0.25, 0.3) is 0 Å². The molecule has 0 saturated heterocycles. The van der Waals surface area contributed by atoms with Crippen molar-refractivity contribution in [3.8, 4) is 11.5 Å². The lowest BCUT2D eigenvalue weighted by molar-refractivity contribution is 0.518. The summed E-state index contributed by atoms with van der Waals surface area (Å²) >= 11 is 1.68. The van der Waals surface area contributed by atoms with Crippen LogP contribution in [0.3, 0.4) is 0 Å². The minimum Gasteiger partial charge on any atom is -0.463 e. The number of anilines is 1. The molecule has 2 aromatic heterocycles. The van der Waals surface area contributed by atoms with Crippen molar-refractivity contribution in [3.05, 3.63) is 58.6 Å². The van der Waals surface area contributed by atoms with E-state index < -0.39 is 0 Å². The monoisotopic (exact) mass is 298 g/mol. The summed E-state index contributed by atoms with van der Waals surface area (Å²) in [6.45, 7) is 4.43. The number of hydrogen-bond acceptors (Lipinski definition) is 4. The SMILES string of the molecule is CC(C)(Cc1ccc(N)cc1)c1nc(-c2ccco2)cs1. The average molecular weight is 298 g/mol. The quantitative estimate of drug-likeness (QED) is 0.721. The van der Waals surface area contributed by atoms with Crippen LogP contribution >= 0.6 is 11.3 Å². The van der Waals surface area contributed by atoms with E-state index in [1.807, 2.05) is 24.3 Å². The summed E-state index contributed by atoms with van der Waals surface area (Å²) in [4.78, 5) is 4.74. The normalized spacial score (nSPS) is 11.7. The minimum atomic E-state index is -0.0222.